The first-order valence-electron chi connectivity index (χ1n) is 4.61. The molecule has 0 aliphatic carbocycles. The van der Waals surface area contributed by atoms with E-state index in [-0.39, 0.29) is 11.3 Å². The average molecular weight is 300 g/mol. The van der Waals surface area contributed by atoms with Gasteiger partial charge in [-0.25, -0.2) is 4.68 Å². The number of alkyl halides is 1. The number of rotatable bonds is 2. The Hall–Kier alpha value is -1.13. The minimum atomic E-state index is -0.136. The summed E-state index contributed by atoms with van der Waals surface area (Å²) in [5.41, 5.74) is 1.10. The van der Waals surface area contributed by atoms with Crippen molar-refractivity contribution in [1.82, 2.24) is 9.78 Å². The third-order valence-corrected chi connectivity index (χ3v) is 2.88. The highest BCUT2D eigenvalue weighted by Gasteiger charge is 2.02. The summed E-state index contributed by atoms with van der Waals surface area (Å²) in [6.07, 6.45) is 1.63. The third-order valence-electron chi connectivity index (χ3n) is 2.10. The van der Waals surface area contributed by atoms with Crippen LogP contribution < -0.4 is 5.43 Å². The van der Waals surface area contributed by atoms with Gasteiger partial charge in [0.25, 0.3) is 0 Å². The van der Waals surface area contributed by atoms with E-state index in [4.69, 9.17) is 11.6 Å². The predicted octanol–water partition coefficient (Wildman–Crippen LogP) is 2.73. The molecule has 2 aromatic rings. The van der Waals surface area contributed by atoms with Gasteiger partial charge in [0.15, 0.2) is 0 Å². The van der Waals surface area contributed by atoms with Gasteiger partial charge in [0.1, 0.15) is 5.69 Å². The van der Waals surface area contributed by atoms with E-state index in [1.807, 2.05) is 24.3 Å². The molecule has 0 saturated carbocycles. The van der Waals surface area contributed by atoms with Crippen LogP contribution in [0.3, 0.4) is 0 Å². The lowest BCUT2D eigenvalue weighted by molar-refractivity contribution is 0.804. The monoisotopic (exact) mass is 298 g/mol. The van der Waals surface area contributed by atoms with E-state index < -0.39 is 0 Å². The van der Waals surface area contributed by atoms with Crippen LogP contribution in [0.1, 0.15) is 5.69 Å². The fourth-order valence-corrected chi connectivity index (χ4v) is 1.73. The average Bonchev–Trinajstić information content (AvgIpc) is 2.31. The van der Waals surface area contributed by atoms with Crippen LogP contribution in [0.5, 0.6) is 0 Å². The second kappa shape index (κ2) is 4.80. The molecule has 0 N–H and O–H groups in total. The highest BCUT2D eigenvalue weighted by molar-refractivity contribution is 9.10. The number of benzene rings is 1. The van der Waals surface area contributed by atoms with Crippen molar-refractivity contribution >= 4 is 27.5 Å². The molecule has 82 valence electrons. The number of halogens is 2. The van der Waals surface area contributed by atoms with E-state index in [9.17, 15) is 4.79 Å². The van der Waals surface area contributed by atoms with Crippen molar-refractivity contribution in [3.63, 3.8) is 0 Å². The zero-order valence-electron chi connectivity index (χ0n) is 8.23. The standard InChI is InChI=1S/C11H8BrClN2O/c12-8-1-3-9(4-2-8)15-6-5-11(16)10(7-13)14-15/h1-6H,7H2. The van der Waals surface area contributed by atoms with Gasteiger partial charge in [0, 0.05) is 16.7 Å². The van der Waals surface area contributed by atoms with Crippen molar-refractivity contribution in [2.24, 2.45) is 0 Å². The first-order chi connectivity index (χ1) is 7.70. The molecule has 0 aliphatic heterocycles. The van der Waals surface area contributed by atoms with Crippen molar-refractivity contribution in [2.45, 2.75) is 5.88 Å². The van der Waals surface area contributed by atoms with Gasteiger partial charge in [0.2, 0.25) is 5.43 Å². The molecule has 0 bridgehead atoms. The number of nitrogens with zero attached hydrogens (tertiary/aromatic N) is 2. The molecule has 0 radical (unpaired) electrons. The molecule has 1 heterocycles. The molecule has 0 spiro atoms. The zero-order valence-corrected chi connectivity index (χ0v) is 10.6. The normalized spacial score (nSPS) is 10.4. The van der Waals surface area contributed by atoms with Crippen molar-refractivity contribution < 1.29 is 0 Å². The number of aromatic nitrogens is 2. The van der Waals surface area contributed by atoms with Crippen LogP contribution in [0, 0.1) is 0 Å². The summed E-state index contributed by atoms with van der Waals surface area (Å²) in [6.45, 7) is 0. The fourth-order valence-electron chi connectivity index (χ4n) is 1.28. The van der Waals surface area contributed by atoms with E-state index >= 15 is 0 Å². The first kappa shape index (κ1) is 11.4. The van der Waals surface area contributed by atoms with Gasteiger partial charge >= 0.3 is 0 Å². The Morgan fingerprint density at radius 1 is 1.25 bits per heavy atom. The molecule has 3 nitrogen and oxygen atoms in total. The van der Waals surface area contributed by atoms with Crippen LogP contribution in [0.4, 0.5) is 0 Å². The molecule has 0 amide bonds. The predicted molar refractivity (Wildman–Crippen MR) is 67.1 cm³/mol. The van der Waals surface area contributed by atoms with Crippen LogP contribution >= 0.6 is 27.5 Å². The number of hydrogen-bond acceptors (Lipinski definition) is 2. The fraction of sp³-hybridized carbons (Fsp3) is 0.0909. The molecule has 0 atom stereocenters. The summed E-state index contributed by atoms with van der Waals surface area (Å²) in [7, 11) is 0. The summed E-state index contributed by atoms with van der Waals surface area (Å²) in [6, 6.07) is 9.09. The quantitative estimate of drug-likeness (QED) is 0.799. The Kier molecular flexibility index (Phi) is 3.41. The Morgan fingerprint density at radius 3 is 2.56 bits per heavy atom. The maximum Gasteiger partial charge on any atom is 0.204 e. The Labute approximate surface area is 106 Å². The maximum absolute atomic E-state index is 11.3. The molecule has 5 heteroatoms. The molecule has 0 fully saturated rings. The largest absolute Gasteiger partial charge is 0.288 e. The molecule has 0 unspecified atom stereocenters. The smallest absolute Gasteiger partial charge is 0.204 e. The summed E-state index contributed by atoms with van der Waals surface area (Å²) in [5, 5.41) is 4.15. The van der Waals surface area contributed by atoms with Gasteiger partial charge in [0.05, 0.1) is 11.6 Å². The van der Waals surface area contributed by atoms with Crippen molar-refractivity contribution in [1.29, 1.82) is 0 Å². The minimum Gasteiger partial charge on any atom is -0.288 e. The van der Waals surface area contributed by atoms with Gasteiger partial charge in [-0.15, -0.1) is 11.6 Å². The van der Waals surface area contributed by atoms with Crippen molar-refractivity contribution in [2.75, 3.05) is 0 Å². The Balaban J connectivity index is 2.48. The van der Waals surface area contributed by atoms with E-state index in [0.717, 1.165) is 10.2 Å². The van der Waals surface area contributed by atoms with Crippen LogP contribution in [0.25, 0.3) is 5.69 Å². The first-order valence-corrected chi connectivity index (χ1v) is 5.94. The molecule has 1 aromatic carbocycles. The van der Waals surface area contributed by atoms with Crippen LogP contribution in [0.15, 0.2) is 45.8 Å². The summed E-state index contributed by atoms with van der Waals surface area (Å²) >= 11 is 8.99. The van der Waals surface area contributed by atoms with E-state index in [0.29, 0.717) is 5.69 Å². The highest BCUT2D eigenvalue weighted by atomic mass is 79.9. The van der Waals surface area contributed by atoms with Crippen molar-refractivity contribution in [3.8, 4) is 5.69 Å². The lowest BCUT2D eigenvalue weighted by atomic mass is 10.3. The summed E-state index contributed by atoms with van der Waals surface area (Å²) < 4.78 is 2.63. The van der Waals surface area contributed by atoms with Crippen LogP contribution in [-0.2, 0) is 5.88 Å². The second-order valence-electron chi connectivity index (χ2n) is 3.18. The molecular weight excluding hydrogens is 291 g/mol. The topological polar surface area (TPSA) is 34.9 Å². The third kappa shape index (κ3) is 2.33. The van der Waals surface area contributed by atoms with E-state index in [2.05, 4.69) is 21.0 Å². The minimum absolute atomic E-state index is 0.121. The van der Waals surface area contributed by atoms with Gasteiger partial charge in [-0.3, -0.25) is 4.79 Å². The lowest BCUT2D eigenvalue weighted by Crippen LogP contribution is -2.14. The van der Waals surface area contributed by atoms with Gasteiger partial charge < -0.3 is 0 Å². The zero-order chi connectivity index (χ0) is 11.5. The van der Waals surface area contributed by atoms with Crippen LogP contribution in [-0.4, -0.2) is 9.78 Å². The van der Waals surface area contributed by atoms with Crippen molar-refractivity contribution in [3.05, 3.63) is 56.9 Å². The Bertz CT molecular complexity index is 551. The molecule has 1 aromatic heterocycles. The molecule has 0 saturated heterocycles. The SMILES string of the molecule is O=c1ccn(-c2ccc(Br)cc2)nc1CCl. The van der Waals surface area contributed by atoms with Gasteiger partial charge in [-0.1, -0.05) is 15.9 Å². The second-order valence-corrected chi connectivity index (χ2v) is 4.36. The maximum atomic E-state index is 11.3. The summed E-state index contributed by atoms with van der Waals surface area (Å²) in [5.74, 6) is 0.121. The van der Waals surface area contributed by atoms with Gasteiger partial charge in [-0.05, 0) is 24.3 Å². The molecule has 2 rings (SSSR count). The highest BCUT2D eigenvalue weighted by Crippen LogP contribution is 2.12. The Morgan fingerprint density at radius 2 is 1.94 bits per heavy atom. The number of hydrogen-bond donors (Lipinski definition) is 0. The lowest BCUT2D eigenvalue weighted by Gasteiger charge is -2.05. The van der Waals surface area contributed by atoms with Gasteiger partial charge in [-0.2, -0.15) is 5.10 Å². The van der Waals surface area contributed by atoms with E-state index in [1.54, 1.807) is 10.9 Å². The van der Waals surface area contributed by atoms with Crippen LogP contribution in [0.2, 0.25) is 0 Å². The summed E-state index contributed by atoms with van der Waals surface area (Å²) in [4.78, 5) is 11.3. The van der Waals surface area contributed by atoms with E-state index in [1.165, 1.54) is 6.07 Å². The molecule has 0 aliphatic rings. The molecule has 16 heavy (non-hydrogen) atoms. The molecular formula is C11H8BrClN2O.